The summed E-state index contributed by atoms with van der Waals surface area (Å²) in [4.78, 5) is 0. The van der Waals surface area contributed by atoms with Crippen molar-refractivity contribution in [3.05, 3.63) is 182 Å². The van der Waals surface area contributed by atoms with E-state index in [9.17, 15) is 0 Å². The average Bonchev–Trinajstić information content (AvgIpc) is 3.71. The Kier molecular flexibility index (Phi) is 5.91. The number of fused-ring (bicyclic) bond motifs is 7. The molecule has 224 valence electrons. The van der Waals surface area contributed by atoms with Crippen molar-refractivity contribution in [2.24, 2.45) is 0 Å². The Morgan fingerprint density at radius 1 is 0.312 bits per heavy atom. The molecule has 10 aromatic rings. The molecule has 0 unspecified atom stereocenters. The van der Waals surface area contributed by atoms with Crippen LogP contribution in [0.3, 0.4) is 0 Å². The highest BCUT2D eigenvalue weighted by atomic mass is 15.0. The third kappa shape index (κ3) is 4.00. The minimum atomic E-state index is 1.15. The molecule has 0 saturated heterocycles. The minimum Gasteiger partial charge on any atom is -0.309 e. The van der Waals surface area contributed by atoms with E-state index in [0.717, 1.165) is 11.4 Å². The minimum absolute atomic E-state index is 1.15. The van der Waals surface area contributed by atoms with Gasteiger partial charge < -0.3 is 9.13 Å². The molecule has 2 nitrogen and oxygen atoms in total. The molecule has 0 fully saturated rings. The van der Waals surface area contributed by atoms with Gasteiger partial charge in [-0.15, -0.1) is 0 Å². The van der Waals surface area contributed by atoms with Gasteiger partial charge in [0, 0.05) is 27.5 Å². The molecular weight excluding hydrogens is 581 g/mol. The van der Waals surface area contributed by atoms with Crippen molar-refractivity contribution in [1.82, 2.24) is 9.13 Å². The lowest BCUT2D eigenvalue weighted by Gasteiger charge is -2.15. The highest BCUT2D eigenvalue weighted by Gasteiger charge is 2.20. The highest BCUT2D eigenvalue weighted by Crippen LogP contribution is 2.42. The molecule has 0 bridgehead atoms. The van der Waals surface area contributed by atoms with Crippen LogP contribution in [-0.4, -0.2) is 9.13 Å². The zero-order chi connectivity index (χ0) is 31.6. The zero-order valence-electron chi connectivity index (χ0n) is 26.2. The van der Waals surface area contributed by atoms with Crippen LogP contribution in [0.15, 0.2) is 182 Å². The number of hydrogen-bond acceptors (Lipinski definition) is 0. The molecule has 0 aliphatic carbocycles. The van der Waals surface area contributed by atoms with Gasteiger partial charge in [0.05, 0.1) is 22.2 Å². The fraction of sp³-hybridized carbons (Fsp3) is 0. The second kappa shape index (κ2) is 10.6. The summed E-state index contributed by atoms with van der Waals surface area (Å²) in [7, 11) is 0. The van der Waals surface area contributed by atoms with E-state index in [-0.39, 0.29) is 0 Å². The molecule has 48 heavy (non-hydrogen) atoms. The lowest BCUT2D eigenvalue weighted by Crippen LogP contribution is -1.97. The molecule has 2 heteroatoms. The molecule has 2 aromatic heterocycles. The van der Waals surface area contributed by atoms with E-state index in [1.54, 1.807) is 0 Å². The van der Waals surface area contributed by atoms with Crippen LogP contribution >= 0.6 is 0 Å². The van der Waals surface area contributed by atoms with E-state index in [4.69, 9.17) is 0 Å². The Morgan fingerprint density at radius 2 is 0.896 bits per heavy atom. The van der Waals surface area contributed by atoms with E-state index in [2.05, 4.69) is 191 Å². The lowest BCUT2D eigenvalue weighted by atomic mass is 9.92. The van der Waals surface area contributed by atoms with Gasteiger partial charge >= 0.3 is 0 Å². The van der Waals surface area contributed by atoms with Gasteiger partial charge in [-0.25, -0.2) is 0 Å². The summed E-state index contributed by atoms with van der Waals surface area (Å²) < 4.78 is 4.89. The van der Waals surface area contributed by atoms with Crippen LogP contribution in [-0.2, 0) is 0 Å². The molecule has 0 saturated carbocycles. The Labute approximate surface area is 278 Å². The monoisotopic (exact) mass is 610 g/mol. The second-order valence-electron chi connectivity index (χ2n) is 12.6. The van der Waals surface area contributed by atoms with Crippen LogP contribution in [0.5, 0.6) is 0 Å². The molecule has 0 atom stereocenters. The van der Waals surface area contributed by atoms with Crippen LogP contribution in [0.2, 0.25) is 0 Å². The first-order valence-electron chi connectivity index (χ1n) is 16.5. The van der Waals surface area contributed by atoms with Crippen molar-refractivity contribution in [2.75, 3.05) is 0 Å². The van der Waals surface area contributed by atoms with Crippen molar-refractivity contribution in [2.45, 2.75) is 0 Å². The summed E-state index contributed by atoms with van der Waals surface area (Å²) in [5.41, 5.74) is 10.8. The van der Waals surface area contributed by atoms with Gasteiger partial charge in [-0.05, 0) is 86.8 Å². The first-order valence-corrected chi connectivity index (χ1v) is 16.5. The average molecular weight is 611 g/mol. The number of benzene rings is 8. The van der Waals surface area contributed by atoms with E-state index in [0.29, 0.717) is 0 Å². The van der Waals surface area contributed by atoms with Crippen molar-refractivity contribution in [3.63, 3.8) is 0 Å². The van der Waals surface area contributed by atoms with E-state index in [1.165, 1.54) is 76.6 Å². The topological polar surface area (TPSA) is 9.86 Å². The maximum absolute atomic E-state index is 2.48. The molecule has 2 heterocycles. The third-order valence-electron chi connectivity index (χ3n) is 9.86. The normalized spacial score (nSPS) is 11.8. The van der Waals surface area contributed by atoms with Crippen molar-refractivity contribution in [3.8, 4) is 33.8 Å². The van der Waals surface area contributed by atoms with Gasteiger partial charge in [-0.1, -0.05) is 133 Å². The van der Waals surface area contributed by atoms with Gasteiger partial charge in [0.15, 0.2) is 0 Å². The van der Waals surface area contributed by atoms with Gasteiger partial charge in [0.1, 0.15) is 0 Å². The molecule has 0 aliphatic rings. The summed E-state index contributed by atoms with van der Waals surface area (Å²) >= 11 is 0. The van der Waals surface area contributed by atoms with Crippen LogP contribution in [0.25, 0.3) is 88.0 Å². The molecule has 0 radical (unpaired) electrons. The van der Waals surface area contributed by atoms with Crippen LogP contribution in [0.1, 0.15) is 0 Å². The summed E-state index contributed by atoms with van der Waals surface area (Å²) in [6.07, 6.45) is 0. The first-order chi connectivity index (χ1) is 23.8. The molecule has 10 rings (SSSR count). The summed E-state index contributed by atoms with van der Waals surface area (Å²) in [5.74, 6) is 0. The molecule has 0 aliphatic heterocycles. The smallest absolute Gasteiger partial charge is 0.0635 e. The number of rotatable bonds is 4. The molecule has 0 N–H and O–H groups in total. The summed E-state index contributed by atoms with van der Waals surface area (Å²) in [5, 5.41) is 8.79. The molecule has 0 spiro atoms. The van der Waals surface area contributed by atoms with Gasteiger partial charge in [-0.3, -0.25) is 0 Å². The highest BCUT2D eigenvalue weighted by molar-refractivity contribution is 6.19. The standard InChI is InChI=1S/C46H30N2/c1-3-14-31(15-4-1)44-30-41-43(47(44)35-19-5-2-6-20-35)27-26-40-39-24-11-12-25-42(39)48(46(40)41)36-21-13-18-34(29-36)45-37-22-9-7-16-32(37)28-33-17-8-10-23-38(33)45/h1-30H. The Balaban J connectivity index is 1.31. The Morgan fingerprint density at radius 3 is 1.65 bits per heavy atom. The van der Waals surface area contributed by atoms with Gasteiger partial charge in [-0.2, -0.15) is 0 Å². The number of aromatic nitrogens is 2. The fourth-order valence-corrected chi connectivity index (χ4v) is 7.81. The predicted molar refractivity (Wildman–Crippen MR) is 203 cm³/mol. The Hall–Kier alpha value is -6.38. The maximum Gasteiger partial charge on any atom is 0.0635 e. The molecule has 8 aromatic carbocycles. The SMILES string of the molecule is c1ccc(-c2cc3c(ccc4c5ccccc5n(-c5cccc(-c6c7ccccc7cc7ccccc67)c5)c43)n2-c2ccccc2)cc1. The van der Waals surface area contributed by atoms with Crippen molar-refractivity contribution < 1.29 is 0 Å². The van der Waals surface area contributed by atoms with Crippen LogP contribution < -0.4 is 0 Å². The predicted octanol–water partition coefficient (Wildman–Crippen LogP) is 12.4. The maximum atomic E-state index is 2.48. The van der Waals surface area contributed by atoms with Crippen molar-refractivity contribution in [1.29, 1.82) is 0 Å². The third-order valence-corrected chi connectivity index (χ3v) is 9.86. The van der Waals surface area contributed by atoms with Gasteiger partial charge in [0.2, 0.25) is 0 Å². The van der Waals surface area contributed by atoms with Gasteiger partial charge in [0.25, 0.3) is 0 Å². The zero-order valence-corrected chi connectivity index (χ0v) is 26.2. The lowest BCUT2D eigenvalue weighted by molar-refractivity contribution is 1.13. The summed E-state index contributed by atoms with van der Waals surface area (Å²) in [6.45, 7) is 0. The van der Waals surface area contributed by atoms with E-state index in [1.807, 2.05) is 0 Å². The van der Waals surface area contributed by atoms with Crippen LogP contribution in [0.4, 0.5) is 0 Å². The Bertz CT molecular complexity index is 2770. The first kappa shape index (κ1) is 26.8. The number of nitrogens with zero attached hydrogens (tertiary/aromatic N) is 2. The summed E-state index contributed by atoms with van der Waals surface area (Å²) in [6, 6.07) is 66.2. The van der Waals surface area contributed by atoms with E-state index >= 15 is 0 Å². The number of hydrogen-bond donors (Lipinski definition) is 0. The van der Waals surface area contributed by atoms with Crippen molar-refractivity contribution >= 4 is 54.3 Å². The fourth-order valence-electron chi connectivity index (χ4n) is 7.81. The molecular formula is C46H30N2. The number of para-hydroxylation sites is 2. The largest absolute Gasteiger partial charge is 0.309 e. The van der Waals surface area contributed by atoms with Crippen LogP contribution in [0, 0.1) is 0 Å². The molecule has 0 amide bonds. The van der Waals surface area contributed by atoms with E-state index < -0.39 is 0 Å². The quantitative estimate of drug-likeness (QED) is 0.175. The second-order valence-corrected chi connectivity index (χ2v) is 12.6.